The van der Waals surface area contributed by atoms with Crippen LogP contribution in [-0.4, -0.2) is 35.4 Å². The summed E-state index contributed by atoms with van der Waals surface area (Å²) >= 11 is 1.90. The van der Waals surface area contributed by atoms with Crippen molar-refractivity contribution < 1.29 is 4.79 Å². The highest BCUT2D eigenvalue weighted by atomic mass is 32.2. The second-order valence-corrected chi connectivity index (χ2v) is 6.19. The van der Waals surface area contributed by atoms with Crippen molar-refractivity contribution in [2.75, 3.05) is 24.6 Å². The maximum atomic E-state index is 12.3. The van der Waals surface area contributed by atoms with E-state index in [2.05, 4.69) is 13.0 Å². The number of carbonyl (C=O) groups excluding carboxylic acids is 1. The zero-order chi connectivity index (χ0) is 11.6. The smallest absolute Gasteiger partial charge is 0.243 e. The molecule has 88 valence electrons. The van der Waals surface area contributed by atoms with Crippen LogP contribution in [0.3, 0.4) is 0 Å². The molecule has 0 aromatic rings. The second kappa shape index (κ2) is 4.67. The van der Waals surface area contributed by atoms with Crippen LogP contribution in [0, 0.1) is 22.7 Å². The SMILES string of the molecule is CC1CC(C#N)(C(=O)N2CCCSCC2)C1. The Labute approximate surface area is 101 Å². The van der Waals surface area contributed by atoms with E-state index in [9.17, 15) is 10.1 Å². The zero-order valence-corrected chi connectivity index (χ0v) is 10.6. The minimum atomic E-state index is -0.672. The van der Waals surface area contributed by atoms with Crippen LogP contribution in [0.1, 0.15) is 26.2 Å². The summed E-state index contributed by atoms with van der Waals surface area (Å²) in [6.45, 7) is 3.77. The van der Waals surface area contributed by atoms with Crippen molar-refractivity contribution in [1.82, 2.24) is 4.90 Å². The van der Waals surface area contributed by atoms with Gasteiger partial charge in [-0.3, -0.25) is 4.79 Å². The Morgan fingerprint density at radius 2 is 2.19 bits per heavy atom. The third-order valence-corrected chi connectivity index (χ3v) is 4.58. The third-order valence-electron chi connectivity index (χ3n) is 3.53. The first-order chi connectivity index (χ1) is 7.68. The molecular formula is C12H18N2OS. The summed E-state index contributed by atoms with van der Waals surface area (Å²) in [4.78, 5) is 14.2. The zero-order valence-electron chi connectivity index (χ0n) is 9.74. The maximum Gasteiger partial charge on any atom is 0.243 e. The van der Waals surface area contributed by atoms with Gasteiger partial charge in [-0.1, -0.05) is 6.92 Å². The molecular weight excluding hydrogens is 220 g/mol. The summed E-state index contributed by atoms with van der Waals surface area (Å²) in [6.07, 6.45) is 2.57. The standard InChI is InChI=1S/C12H18N2OS/c1-10-7-12(8-10,9-13)11(15)14-3-2-5-16-6-4-14/h10H,2-8H2,1H3. The molecule has 0 bridgehead atoms. The number of nitriles is 1. The summed E-state index contributed by atoms with van der Waals surface area (Å²) in [5.74, 6) is 2.78. The number of nitrogens with zero attached hydrogens (tertiary/aromatic N) is 2. The summed E-state index contributed by atoms with van der Waals surface area (Å²) in [5, 5.41) is 9.22. The average molecular weight is 238 g/mol. The number of hydrogen-bond donors (Lipinski definition) is 0. The number of carbonyl (C=O) groups is 1. The molecule has 0 aromatic heterocycles. The van der Waals surface area contributed by atoms with Crippen molar-refractivity contribution in [3.05, 3.63) is 0 Å². The number of thioether (sulfide) groups is 1. The van der Waals surface area contributed by atoms with E-state index in [1.54, 1.807) is 0 Å². The molecule has 1 heterocycles. The van der Waals surface area contributed by atoms with Crippen molar-refractivity contribution >= 4 is 17.7 Å². The molecule has 16 heavy (non-hydrogen) atoms. The molecule has 1 saturated heterocycles. The first kappa shape index (κ1) is 11.8. The molecule has 0 aromatic carbocycles. The second-order valence-electron chi connectivity index (χ2n) is 4.97. The van der Waals surface area contributed by atoms with E-state index in [1.165, 1.54) is 0 Å². The summed E-state index contributed by atoms with van der Waals surface area (Å²) in [6, 6.07) is 2.26. The molecule has 4 heteroatoms. The van der Waals surface area contributed by atoms with E-state index in [1.807, 2.05) is 16.7 Å². The minimum absolute atomic E-state index is 0.0931. The van der Waals surface area contributed by atoms with Crippen molar-refractivity contribution in [3.63, 3.8) is 0 Å². The predicted octanol–water partition coefficient (Wildman–Crippen LogP) is 1.89. The van der Waals surface area contributed by atoms with Gasteiger partial charge in [-0.15, -0.1) is 0 Å². The van der Waals surface area contributed by atoms with Gasteiger partial charge in [0, 0.05) is 18.8 Å². The van der Waals surface area contributed by atoms with E-state index in [0.717, 1.165) is 43.9 Å². The Morgan fingerprint density at radius 3 is 2.81 bits per heavy atom. The van der Waals surface area contributed by atoms with E-state index in [4.69, 9.17) is 0 Å². The fraction of sp³-hybridized carbons (Fsp3) is 0.833. The van der Waals surface area contributed by atoms with Gasteiger partial charge in [-0.05, 0) is 30.9 Å². The Kier molecular flexibility index (Phi) is 3.44. The highest BCUT2D eigenvalue weighted by Crippen LogP contribution is 2.46. The molecule has 0 atom stereocenters. The molecule has 0 radical (unpaired) electrons. The Morgan fingerprint density at radius 1 is 1.44 bits per heavy atom. The normalized spacial score (nSPS) is 34.8. The molecule has 1 aliphatic heterocycles. The van der Waals surface area contributed by atoms with E-state index in [-0.39, 0.29) is 5.91 Å². The summed E-state index contributed by atoms with van der Waals surface area (Å²) in [7, 11) is 0. The molecule has 2 aliphatic rings. The Hall–Kier alpha value is -0.690. The Balaban J connectivity index is 2.03. The van der Waals surface area contributed by atoms with Gasteiger partial charge in [0.1, 0.15) is 5.41 Å². The van der Waals surface area contributed by atoms with Crippen molar-refractivity contribution in [3.8, 4) is 6.07 Å². The predicted molar refractivity (Wildman–Crippen MR) is 65.0 cm³/mol. The van der Waals surface area contributed by atoms with Crippen LogP contribution in [0.15, 0.2) is 0 Å². The number of hydrogen-bond acceptors (Lipinski definition) is 3. The minimum Gasteiger partial charge on any atom is -0.340 e. The van der Waals surface area contributed by atoms with Crippen LogP contribution in [0.5, 0.6) is 0 Å². The Bertz CT molecular complexity index is 309. The molecule has 1 amide bonds. The molecule has 2 fully saturated rings. The lowest BCUT2D eigenvalue weighted by Crippen LogP contribution is -2.50. The van der Waals surface area contributed by atoms with E-state index < -0.39 is 5.41 Å². The molecule has 3 nitrogen and oxygen atoms in total. The quantitative estimate of drug-likeness (QED) is 0.700. The monoisotopic (exact) mass is 238 g/mol. The van der Waals surface area contributed by atoms with Gasteiger partial charge < -0.3 is 4.90 Å². The van der Waals surface area contributed by atoms with Crippen LogP contribution in [-0.2, 0) is 4.79 Å². The van der Waals surface area contributed by atoms with Crippen LogP contribution in [0.25, 0.3) is 0 Å². The fourth-order valence-electron chi connectivity index (χ4n) is 2.70. The molecule has 0 N–H and O–H groups in total. The van der Waals surface area contributed by atoms with Gasteiger partial charge in [0.25, 0.3) is 0 Å². The molecule has 1 aliphatic carbocycles. The number of amides is 1. The van der Waals surface area contributed by atoms with Gasteiger partial charge in [0.05, 0.1) is 6.07 Å². The van der Waals surface area contributed by atoms with Gasteiger partial charge in [0.2, 0.25) is 5.91 Å². The van der Waals surface area contributed by atoms with Crippen LogP contribution < -0.4 is 0 Å². The molecule has 1 saturated carbocycles. The van der Waals surface area contributed by atoms with E-state index >= 15 is 0 Å². The van der Waals surface area contributed by atoms with Crippen LogP contribution >= 0.6 is 11.8 Å². The van der Waals surface area contributed by atoms with Crippen molar-refractivity contribution in [2.24, 2.45) is 11.3 Å². The van der Waals surface area contributed by atoms with Crippen LogP contribution in [0.2, 0.25) is 0 Å². The van der Waals surface area contributed by atoms with Crippen LogP contribution in [0.4, 0.5) is 0 Å². The van der Waals surface area contributed by atoms with Crippen molar-refractivity contribution in [2.45, 2.75) is 26.2 Å². The van der Waals surface area contributed by atoms with Gasteiger partial charge in [-0.25, -0.2) is 0 Å². The topological polar surface area (TPSA) is 44.1 Å². The number of rotatable bonds is 1. The molecule has 0 spiro atoms. The van der Waals surface area contributed by atoms with Gasteiger partial charge in [0.15, 0.2) is 0 Å². The van der Waals surface area contributed by atoms with Gasteiger partial charge in [-0.2, -0.15) is 17.0 Å². The highest BCUT2D eigenvalue weighted by Gasteiger charge is 2.50. The fourth-order valence-corrected chi connectivity index (χ4v) is 3.58. The lowest BCUT2D eigenvalue weighted by Gasteiger charge is -2.42. The maximum absolute atomic E-state index is 12.3. The lowest BCUT2D eigenvalue weighted by molar-refractivity contribution is -0.145. The van der Waals surface area contributed by atoms with Crippen molar-refractivity contribution in [1.29, 1.82) is 5.26 Å². The first-order valence-corrected chi connectivity index (χ1v) is 7.12. The highest BCUT2D eigenvalue weighted by molar-refractivity contribution is 7.99. The summed E-state index contributed by atoms with van der Waals surface area (Å²) in [5.41, 5.74) is -0.672. The molecule has 2 rings (SSSR count). The summed E-state index contributed by atoms with van der Waals surface area (Å²) < 4.78 is 0. The first-order valence-electron chi connectivity index (χ1n) is 5.96. The van der Waals surface area contributed by atoms with Gasteiger partial charge >= 0.3 is 0 Å². The largest absolute Gasteiger partial charge is 0.340 e. The molecule has 0 unspecified atom stereocenters. The van der Waals surface area contributed by atoms with E-state index in [0.29, 0.717) is 5.92 Å². The third kappa shape index (κ3) is 2.06. The lowest BCUT2D eigenvalue weighted by atomic mass is 9.62. The average Bonchev–Trinajstić information content (AvgIpc) is 2.52.